The number of likely N-dealkylation sites (tertiary alicyclic amines) is 1. The highest BCUT2D eigenvalue weighted by atomic mass is 32.1. The van der Waals surface area contributed by atoms with Gasteiger partial charge in [0.15, 0.2) is 0 Å². The van der Waals surface area contributed by atoms with Crippen LogP contribution < -0.4 is 5.32 Å². The van der Waals surface area contributed by atoms with Gasteiger partial charge in [-0.15, -0.1) is 11.3 Å². The number of carbonyl (C=O) groups excluding carboxylic acids is 1. The van der Waals surface area contributed by atoms with Gasteiger partial charge in [0, 0.05) is 36.1 Å². The Bertz CT molecular complexity index is 644. The van der Waals surface area contributed by atoms with Crippen LogP contribution in [0.2, 0.25) is 0 Å². The standard InChI is InChI=1S/C16H20FN3O2S/c1-11-12(7-19-22-11)9-20-10-13(17)5-14(20)8-18-16(21)6-15-3-2-4-23-15/h2-4,7,13-14H,5-6,8-10H2,1H3,(H,18,21)/t13-,14-/m0/s1. The molecule has 1 amide bonds. The Kier molecular flexibility index (Phi) is 5.07. The number of aryl methyl sites for hydroxylation is 1. The van der Waals surface area contributed by atoms with Crippen molar-refractivity contribution in [3.63, 3.8) is 0 Å². The Morgan fingerprint density at radius 2 is 2.48 bits per heavy atom. The summed E-state index contributed by atoms with van der Waals surface area (Å²) in [5.41, 5.74) is 0.967. The van der Waals surface area contributed by atoms with E-state index in [9.17, 15) is 9.18 Å². The number of thiophene rings is 1. The van der Waals surface area contributed by atoms with Gasteiger partial charge < -0.3 is 9.84 Å². The van der Waals surface area contributed by atoms with E-state index in [1.54, 1.807) is 17.5 Å². The normalized spacial score (nSPS) is 21.7. The summed E-state index contributed by atoms with van der Waals surface area (Å²) in [7, 11) is 0. The van der Waals surface area contributed by atoms with E-state index < -0.39 is 6.17 Å². The lowest BCUT2D eigenvalue weighted by Gasteiger charge is -2.23. The van der Waals surface area contributed by atoms with E-state index in [-0.39, 0.29) is 11.9 Å². The number of hydrogen-bond acceptors (Lipinski definition) is 5. The molecule has 0 aromatic carbocycles. The molecular formula is C16H20FN3O2S. The van der Waals surface area contributed by atoms with Gasteiger partial charge >= 0.3 is 0 Å². The van der Waals surface area contributed by atoms with Gasteiger partial charge in [-0.25, -0.2) is 4.39 Å². The number of amides is 1. The minimum atomic E-state index is -0.852. The third kappa shape index (κ3) is 4.17. The highest BCUT2D eigenvalue weighted by Gasteiger charge is 2.32. The lowest BCUT2D eigenvalue weighted by Crippen LogP contribution is -2.40. The number of alkyl halides is 1. The Morgan fingerprint density at radius 3 is 3.17 bits per heavy atom. The average molecular weight is 337 g/mol. The molecule has 1 aliphatic rings. The van der Waals surface area contributed by atoms with Crippen molar-refractivity contribution >= 4 is 17.2 Å². The average Bonchev–Trinajstić information content (AvgIpc) is 3.22. The fraction of sp³-hybridized carbons (Fsp3) is 0.500. The molecule has 7 heteroatoms. The van der Waals surface area contributed by atoms with Crippen molar-refractivity contribution in [2.75, 3.05) is 13.1 Å². The fourth-order valence-electron chi connectivity index (χ4n) is 2.88. The van der Waals surface area contributed by atoms with Crippen LogP contribution in [0.5, 0.6) is 0 Å². The third-order valence-corrected chi connectivity index (χ3v) is 5.03. The molecule has 0 saturated carbocycles. The second-order valence-corrected chi connectivity index (χ2v) is 6.92. The number of nitrogens with zero attached hydrogens (tertiary/aromatic N) is 2. The van der Waals surface area contributed by atoms with E-state index >= 15 is 0 Å². The molecule has 1 N–H and O–H groups in total. The molecule has 2 aromatic heterocycles. The molecule has 3 heterocycles. The second kappa shape index (κ2) is 7.23. The van der Waals surface area contributed by atoms with Crippen LogP contribution in [-0.2, 0) is 17.8 Å². The lowest BCUT2D eigenvalue weighted by atomic mass is 10.2. The monoisotopic (exact) mass is 337 g/mol. The second-order valence-electron chi connectivity index (χ2n) is 5.88. The maximum atomic E-state index is 13.8. The molecular weight excluding hydrogens is 317 g/mol. The quantitative estimate of drug-likeness (QED) is 0.879. The molecule has 2 aromatic rings. The molecule has 0 unspecified atom stereocenters. The first-order valence-electron chi connectivity index (χ1n) is 7.69. The Balaban J connectivity index is 1.53. The van der Waals surface area contributed by atoms with Crippen LogP contribution in [-0.4, -0.2) is 41.3 Å². The summed E-state index contributed by atoms with van der Waals surface area (Å²) >= 11 is 1.57. The minimum absolute atomic E-state index is 0.00610. The van der Waals surface area contributed by atoms with E-state index in [0.717, 1.165) is 16.2 Å². The first kappa shape index (κ1) is 16.1. The SMILES string of the molecule is Cc1oncc1CN1C[C@@H](F)C[C@H]1CNC(=O)Cc1cccs1. The van der Waals surface area contributed by atoms with E-state index in [1.807, 2.05) is 24.4 Å². The zero-order chi connectivity index (χ0) is 16.2. The van der Waals surface area contributed by atoms with E-state index in [2.05, 4.69) is 15.4 Å². The fourth-order valence-corrected chi connectivity index (χ4v) is 3.59. The van der Waals surface area contributed by atoms with Gasteiger partial charge in [-0.05, 0) is 24.8 Å². The molecule has 3 rings (SSSR count). The molecule has 0 aliphatic carbocycles. The summed E-state index contributed by atoms with van der Waals surface area (Å²) in [6, 6.07) is 3.88. The molecule has 1 saturated heterocycles. The van der Waals surface area contributed by atoms with E-state index in [0.29, 0.717) is 32.5 Å². The van der Waals surface area contributed by atoms with Crippen LogP contribution in [0.15, 0.2) is 28.2 Å². The molecule has 1 aliphatic heterocycles. The number of rotatable bonds is 6. The number of carbonyl (C=O) groups is 1. The summed E-state index contributed by atoms with van der Waals surface area (Å²) in [5, 5.41) is 8.64. The van der Waals surface area contributed by atoms with Gasteiger partial charge in [0.1, 0.15) is 11.9 Å². The molecule has 124 valence electrons. The van der Waals surface area contributed by atoms with Gasteiger partial charge in [-0.3, -0.25) is 9.69 Å². The first-order chi connectivity index (χ1) is 11.1. The maximum Gasteiger partial charge on any atom is 0.225 e. The highest BCUT2D eigenvalue weighted by molar-refractivity contribution is 7.10. The van der Waals surface area contributed by atoms with Crippen molar-refractivity contribution in [1.82, 2.24) is 15.4 Å². The van der Waals surface area contributed by atoms with Crippen molar-refractivity contribution < 1.29 is 13.7 Å². The number of halogens is 1. The van der Waals surface area contributed by atoms with Crippen LogP contribution >= 0.6 is 11.3 Å². The first-order valence-corrected chi connectivity index (χ1v) is 8.57. The highest BCUT2D eigenvalue weighted by Crippen LogP contribution is 2.23. The van der Waals surface area contributed by atoms with Crippen LogP contribution in [0.25, 0.3) is 0 Å². The van der Waals surface area contributed by atoms with Crippen molar-refractivity contribution in [1.29, 1.82) is 0 Å². The molecule has 5 nitrogen and oxygen atoms in total. The summed E-state index contributed by atoms with van der Waals surface area (Å²) < 4.78 is 18.8. The minimum Gasteiger partial charge on any atom is -0.361 e. The third-order valence-electron chi connectivity index (χ3n) is 4.15. The van der Waals surface area contributed by atoms with Crippen LogP contribution in [0.4, 0.5) is 4.39 Å². The summed E-state index contributed by atoms with van der Waals surface area (Å²) in [6.07, 6.45) is 1.65. The van der Waals surface area contributed by atoms with Gasteiger partial charge in [-0.2, -0.15) is 0 Å². The zero-order valence-electron chi connectivity index (χ0n) is 13.0. The van der Waals surface area contributed by atoms with Gasteiger partial charge in [-0.1, -0.05) is 11.2 Å². The van der Waals surface area contributed by atoms with Gasteiger partial charge in [0.2, 0.25) is 5.91 Å². The number of aromatic nitrogens is 1. The van der Waals surface area contributed by atoms with Crippen molar-refractivity contribution in [2.24, 2.45) is 0 Å². The van der Waals surface area contributed by atoms with Crippen LogP contribution in [0, 0.1) is 6.92 Å². The largest absolute Gasteiger partial charge is 0.361 e. The van der Waals surface area contributed by atoms with Crippen molar-refractivity contribution in [2.45, 2.75) is 38.5 Å². The predicted octanol–water partition coefficient (Wildman–Crippen LogP) is 2.32. The Morgan fingerprint density at radius 1 is 1.61 bits per heavy atom. The molecule has 2 atom stereocenters. The Labute approximate surface area is 138 Å². The summed E-state index contributed by atoms with van der Waals surface area (Å²) in [4.78, 5) is 15.1. The van der Waals surface area contributed by atoms with E-state index in [1.165, 1.54) is 0 Å². The topological polar surface area (TPSA) is 58.4 Å². The smallest absolute Gasteiger partial charge is 0.225 e. The Hall–Kier alpha value is -1.73. The van der Waals surface area contributed by atoms with E-state index in [4.69, 9.17) is 4.52 Å². The van der Waals surface area contributed by atoms with Crippen LogP contribution in [0.3, 0.4) is 0 Å². The summed E-state index contributed by atoms with van der Waals surface area (Å²) in [5.74, 6) is 0.739. The molecule has 0 radical (unpaired) electrons. The lowest BCUT2D eigenvalue weighted by molar-refractivity contribution is -0.120. The predicted molar refractivity (Wildman–Crippen MR) is 86.0 cm³/mol. The number of hydrogen-bond donors (Lipinski definition) is 1. The summed E-state index contributed by atoms with van der Waals surface area (Å²) in [6.45, 7) is 3.30. The number of nitrogens with one attached hydrogen (secondary N) is 1. The molecule has 23 heavy (non-hydrogen) atoms. The van der Waals surface area contributed by atoms with Crippen molar-refractivity contribution in [3.8, 4) is 0 Å². The molecule has 0 bridgehead atoms. The molecule has 0 spiro atoms. The van der Waals surface area contributed by atoms with Crippen molar-refractivity contribution in [3.05, 3.63) is 39.9 Å². The van der Waals surface area contributed by atoms with Gasteiger partial charge in [0.05, 0.1) is 12.6 Å². The van der Waals surface area contributed by atoms with Crippen LogP contribution in [0.1, 0.15) is 22.6 Å². The maximum absolute atomic E-state index is 13.8. The molecule has 1 fully saturated rings. The zero-order valence-corrected chi connectivity index (χ0v) is 13.8. The van der Waals surface area contributed by atoms with Gasteiger partial charge in [0.25, 0.3) is 0 Å².